The van der Waals surface area contributed by atoms with E-state index in [0.29, 0.717) is 16.4 Å². The first-order chi connectivity index (χ1) is 14.6. The van der Waals surface area contributed by atoms with E-state index in [4.69, 9.17) is 0 Å². The molecule has 0 saturated heterocycles. The summed E-state index contributed by atoms with van der Waals surface area (Å²) >= 11 is 1.40. The number of carbonyl (C=O) groups excluding carboxylic acids is 1. The van der Waals surface area contributed by atoms with Gasteiger partial charge < -0.3 is 10.2 Å². The van der Waals surface area contributed by atoms with Crippen LogP contribution in [0.25, 0.3) is 11.3 Å². The molecule has 1 fully saturated rings. The SMILES string of the molecule is Cc1ccc([C@H]2C[C@H]2C(=O)Nc2nc(-c3cccc(N(C)C)c3)cs2)cc1S(C)(=O)=O. The first-order valence-electron chi connectivity index (χ1n) is 9.98. The molecule has 2 atom stereocenters. The standard InChI is InChI=1S/C23H25N3O3S2/c1-14-8-9-15(11-21(14)31(4,28)29)18-12-19(18)22(27)25-23-24-20(13-30-23)16-6-5-7-17(10-16)26(2)3/h5-11,13,18-19H,12H2,1-4H3,(H,24,25,27)/t18-,19-/m1/s1. The van der Waals surface area contributed by atoms with E-state index >= 15 is 0 Å². The molecule has 31 heavy (non-hydrogen) atoms. The Morgan fingerprint density at radius 1 is 1.19 bits per heavy atom. The zero-order chi connectivity index (χ0) is 22.3. The van der Waals surface area contributed by atoms with Gasteiger partial charge in [-0.2, -0.15) is 0 Å². The van der Waals surface area contributed by atoms with Gasteiger partial charge in [-0.15, -0.1) is 11.3 Å². The molecule has 8 heteroatoms. The maximum Gasteiger partial charge on any atom is 0.229 e. The number of anilines is 2. The van der Waals surface area contributed by atoms with Crippen molar-refractivity contribution in [3.8, 4) is 11.3 Å². The third-order valence-corrected chi connectivity index (χ3v) is 7.56. The van der Waals surface area contributed by atoms with E-state index in [-0.39, 0.29) is 17.7 Å². The molecule has 1 aliphatic rings. The third-order valence-electron chi connectivity index (χ3n) is 5.56. The maximum absolute atomic E-state index is 12.7. The zero-order valence-electron chi connectivity index (χ0n) is 17.9. The Kier molecular flexibility index (Phi) is 5.61. The van der Waals surface area contributed by atoms with Crippen LogP contribution in [0, 0.1) is 12.8 Å². The Balaban J connectivity index is 1.45. The second-order valence-corrected chi connectivity index (χ2v) is 11.1. The summed E-state index contributed by atoms with van der Waals surface area (Å²) in [5, 5.41) is 5.44. The van der Waals surface area contributed by atoms with E-state index in [1.807, 2.05) is 54.7 Å². The summed E-state index contributed by atoms with van der Waals surface area (Å²) in [5.41, 5.74) is 4.53. The van der Waals surface area contributed by atoms with Gasteiger partial charge in [0.2, 0.25) is 5.91 Å². The monoisotopic (exact) mass is 455 g/mol. The molecule has 1 aromatic heterocycles. The Bertz CT molecular complexity index is 1250. The highest BCUT2D eigenvalue weighted by Crippen LogP contribution is 2.48. The quantitative estimate of drug-likeness (QED) is 0.598. The summed E-state index contributed by atoms with van der Waals surface area (Å²) in [6.45, 7) is 1.78. The number of nitrogens with zero attached hydrogens (tertiary/aromatic N) is 2. The fourth-order valence-electron chi connectivity index (χ4n) is 3.71. The highest BCUT2D eigenvalue weighted by atomic mass is 32.2. The van der Waals surface area contributed by atoms with Crippen molar-refractivity contribution in [2.24, 2.45) is 5.92 Å². The molecule has 0 spiro atoms. The number of nitrogens with one attached hydrogen (secondary N) is 1. The lowest BCUT2D eigenvalue weighted by atomic mass is 10.1. The first-order valence-corrected chi connectivity index (χ1v) is 12.8. The van der Waals surface area contributed by atoms with Crippen molar-refractivity contribution in [1.82, 2.24) is 4.98 Å². The predicted octanol–water partition coefficient (Wildman–Crippen LogP) is 4.33. The molecule has 1 aliphatic carbocycles. The fourth-order valence-corrected chi connectivity index (χ4v) is 5.43. The smallest absolute Gasteiger partial charge is 0.229 e. The van der Waals surface area contributed by atoms with Gasteiger partial charge in [-0.25, -0.2) is 13.4 Å². The minimum atomic E-state index is -3.29. The van der Waals surface area contributed by atoms with Gasteiger partial charge in [-0.3, -0.25) is 4.79 Å². The molecular formula is C23H25N3O3S2. The Hall–Kier alpha value is -2.71. The second-order valence-electron chi connectivity index (χ2n) is 8.22. The van der Waals surface area contributed by atoms with Crippen LogP contribution in [0.4, 0.5) is 10.8 Å². The van der Waals surface area contributed by atoms with Crippen molar-refractivity contribution in [2.75, 3.05) is 30.6 Å². The van der Waals surface area contributed by atoms with Crippen molar-refractivity contribution in [3.05, 3.63) is 59.0 Å². The average Bonchev–Trinajstić information content (AvgIpc) is 3.39. The molecule has 4 rings (SSSR count). The molecule has 3 aromatic rings. The van der Waals surface area contributed by atoms with Crippen LogP contribution in [0.15, 0.2) is 52.7 Å². The minimum absolute atomic E-state index is 0.0392. The Morgan fingerprint density at radius 3 is 2.68 bits per heavy atom. The number of sulfone groups is 1. The van der Waals surface area contributed by atoms with Crippen LogP contribution >= 0.6 is 11.3 Å². The second kappa shape index (κ2) is 8.09. The minimum Gasteiger partial charge on any atom is -0.378 e. The van der Waals surface area contributed by atoms with Gasteiger partial charge in [0.1, 0.15) is 0 Å². The van der Waals surface area contributed by atoms with E-state index in [9.17, 15) is 13.2 Å². The topological polar surface area (TPSA) is 79.4 Å². The number of thiazole rings is 1. The summed E-state index contributed by atoms with van der Waals surface area (Å²) < 4.78 is 24.0. The van der Waals surface area contributed by atoms with E-state index in [2.05, 4.69) is 16.4 Å². The van der Waals surface area contributed by atoms with Gasteiger partial charge in [0.15, 0.2) is 15.0 Å². The third kappa shape index (κ3) is 4.65. The highest BCUT2D eigenvalue weighted by Gasteiger charge is 2.44. The molecule has 162 valence electrons. The largest absolute Gasteiger partial charge is 0.378 e. The average molecular weight is 456 g/mol. The number of benzene rings is 2. The normalized spacial score (nSPS) is 17.9. The molecule has 6 nitrogen and oxygen atoms in total. The predicted molar refractivity (Wildman–Crippen MR) is 126 cm³/mol. The molecule has 0 unspecified atom stereocenters. The van der Waals surface area contributed by atoms with Crippen molar-refractivity contribution < 1.29 is 13.2 Å². The Morgan fingerprint density at radius 2 is 1.97 bits per heavy atom. The van der Waals surface area contributed by atoms with Crippen LogP contribution in [0.2, 0.25) is 0 Å². The number of aryl methyl sites for hydroxylation is 1. The molecule has 0 radical (unpaired) electrons. The summed E-state index contributed by atoms with van der Waals surface area (Å²) in [4.78, 5) is 19.7. The molecular weight excluding hydrogens is 430 g/mol. The number of hydrogen-bond donors (Lipinski definition) is 1. The van der Waals surface area contributed by atoms with Gasteiger partial charge in [0.05, 0.1) is 10.6 Å². The molecule has 1 saturated carbocycles. The van der Waals surface area contributed by atoms with Crippen LogP contribution in [-0.2, 0) is 14.6 Å². The lowest BCUT2D eigenvalue weighted by Crippen LogP contribution is -2.14. The van der Waals surface area contributed by atoms with E-state index in [0.717, 1.165) is 28.1 Å². The van der Waals surface area contributed by atoms with Gasteiger partial charge in [-0.05, 0) is 48.6 Å². The van der Waals surface area contributed by atoms with Crippen LogP contribution in [0.5, 0.6) is 0 Å². The molecule has 1 N–H and O–H groups in total. The molecule has 0 bridgehead atoms. The van der Waals surface area contributed by atoms with Crippen LogP contribution in [-0.4, -0.2) is 39.7 Å². The van der Waals surface area contributed by atoms with Crippen molar-refractivity contribution in [2.45, 2.75) is 24.2 Å². The molecule has 0 aliphatic heterocycles. The summed E-state index contributed by atoms with van der Waals surface area (Å²) in [6.07, 6.45) is 1.92. The van der Waals surface area contributed by atoms with Crippen molar-refractivity contribution >= 4 is 37.9 Å². The number of rotatable bonds is 6. The zero-order valence-corrected chi connectivity index (χ0v) is 19.5. The van der Waals surface area contributed by atoms with Crippen LogP contribution < -0.4 is 10.2 Å². The van der Waals surface area contributed by atoms with Crippen molar-refractivity contribution in [1.29, 1.82) is 0 Å². The Labute approximate surface area is 186 Å². The van der Waals surface area contributed by atoms with Crippen molar-refractivity contribution in [3.63, 3.8) is 0 Å². The summed E-state index contributed by atoms with van der Waals surface area (Å²) in [5.74, 6) is -0.203. The van der Waals surface area contributed by atoms with E-state index < -0.39 is 9.84 Å². The maximum atomic E-state index is 12.7. The number of carbonyl (C=O) groups is 1. The number of amides is 1. The fraction of sp³-hybridized carbons (Fsp3) is 0.304. The van der Waals surface area contributed by atoms with E-state index in [1.54, 1.807) is 13.0 Å². The molecule has 1 amide bonds. The van der Waals surface area contributed by atoms with Crippen LogP contribution in [0.3, 0.4) is 0 Å². The number of aromatic nitrogens is 1. The molecule has 2 aromatic carbocycles. The lowest BCUT2D eigenvalue weighted by Gasteiger charge is -2.12. The molecule has 1 heterocycles. The van der Waals surface area contributed by atoms with Gasteiger partial charge in [0, 0.05) is 42.9 Å². The lowest BCUT2D eigenvalue weighted by molar-refractivity contribution is -0.117. The summed E-state index contributed by atoms with van der Waals surface area (Å²) in [6, 6.07) is 13.5. The van der Waals surface area contributed by atoms with Gasteiger partial charge in [-0.1, -0.05) is 24.3 Å². The number of hydrogen-bond acceptors (Lipinski definition) is 6. The van der Waals surface area contributed by atoms with E-state index in [1.165, 1.54) is 17.6 Å². The van der Waals surface area contributed by atoms with Gasteiger partial charge >= 0.3 is 0 Å². The van der Waals surface area contributed by atoms with Crippen LogP contribution in [0.1, 0.15) is 23.5 Å². The van der Waals surface area contributed by atoms with Gasteiger partial charge in [0.25, 0.3) is 0 Å². The summed E-state index contributed by atoms with van der Waals surface area (Å²) in [7, 11) is 0.690. The first kappa shape index (κ1) is 21.5. The highest BCUT2D eigenvalue weighted by molar-refractivity contribution is 7.90.